The number of carbonyl (C=O) groups excluding carboxylic acids is 17. The number of amides is 15. The normalized spacial score (nSPS) is 26.0. The Morgan fingerprint density at radius 2 is 1.10 bits per heavy atom. The van der Waals surface area contributed by atoms with E-state index in [1.165, 1.54) is 62.1 Å². The minimum atomic E-state index is -1.76. The number of aromatic amines is 2. The Balaban J connectivity index is 1.17. The molecule has 2 bridgehead atoms. The Morgan fingerprint density at radius 1 is 0.562 bits per heavy atom. The SMILES string of the molecule is CCCC[C@H]1C(=O)N(C)[C@@H](CCCC)C(=O)N[C@@H](CC(C)C)C(=O)N[C@H](C(=O)NCC(N)=O)COCC(=O)N[C@@H](Cc2ccc(O)cc2)C(=O)N(C)[C@@H](C)C(=O)N[C@@H](CC(N)=O)C(=O)N2CCC[C@H]2C(=O)N[C@@H](CN)C(=O)N[C@@H](CC(C)C)C(=O)C2N[C@@H](C[C@H]2O)C(=O)C[C@@H](Cc2c[nH]c3ccccc23)C(=O)N[C@@H](CCN)C(=O)N[C@@H](Cc2c[nH]c3ccccc23)C(=O)N1C. The molecule has 5 heterocycles. The number of benzene rings is 3. The Kier molecular flexibility index (Phi) is 38.8. The first-order chi connectivity index (χ1) is 61.8. The minimum absolute atomic E-state index is 0.00220. The summed E-state index contributed by atoms with van der Waals surface area (Å²) in [5.41, 5.74) is 26.5. The van der Waals surface area contributed by atoms with Crippen LogP contribution >= 0.6 is 0 Å². The number of primary amides is 2. The van der Waals surface area contributed by atoms with Gasteiger partial charge in [0, 0.05) is 93.6 Å². The number of rotatable bonds is 24. The molecule has 3 saturated heterocycles. The molecule has 0 saturated carbocycles. The third-order valence-electron chi connectivity index (χ3n) is 23.9. The Morgan fingerprint density at radius 3 is 1.70 bits per heavy atom. The molecule has 0 aliphatic carbocycles. The van der Waals surface area contributed by atoms with Crippen molar-refractivity contribution in [1.82, 2.24) is 82.7 Å². The lowest BCUT2D eigenvalue weighted by molar-refractivity contribution is -0.149. The number of H-pyrrole nitrogens is 2. The van der Waals surface area contributed by atoms with Crippen molar-refractivity contribution in [3.8, 4) is 5.75 Å². The van der Waals surface area contributed by atoms with Crippen LogP contribution in [0.5, 0.6) is 5.75 Å². The zero-order valence-electron chi connectivity index (χ0n) is 75.6. The van der Waals surface area contributed by atoms with Crippen LogP contribution in [0, 0.1) is 17.8 Å². The number of aliphatic hydroxyl groups is 1. The van der Waals surface area contributed by atoms with Crippen molar-refractivity contribution in [2.45, 2.75) is 248 Å². The number of carbonyl (C=O) groups is 17. The topological polar surface area (TPSA) is 609 Å². The molecule has 3 aliphatic heterocycles. The van der Waals surface area contributed by atoms with Crippen LogP contribution in [0.3, 0.4) is 0 Å². The third kappa shape index (κ3) is 28.4. The van der Waals surface area contributed by atoms with Gasteiger partial charge < -0.3 is 115 Å². The molecule has 40 heteroatoms. The number of nitrogens with zero attached hydrogens (tertiary/aromatic N) is 4. The minimum Gasteiger partial charge on any atom is -0.508 e. The molecule has 710 valence electrons. The Bertz CT molecular complexity index is 4840. The molecule has 40 nitrogen and oxygen atoms in total. The summed E-state index contributed by atoms with van der Waals surface area (Å²) in [6.45, 7) is 8.71. The number of para-hydroxylation sites is 2. The van der Waals surface area contributed by atoms with Gasteiger partial charge in [0.15, 0.2) is 11.6 Å². The molecule has 130 heavy (non-hydrogen) atoms. The molecular weight excluding hydrogens is 1680 g/mol. The van der Waals surface area contributed by atoms with E-state index in [4.69, 9.17) is 27.7 Å². The van der Waals surface area contributed by atoms with Crippen molar-refractivity contribution in [1.29, 1.82) is 0 Å². The largest absolute Gasteiger partial charge is 0.508 e. The van der Waals surface area contributed by atoms with E-state index in [1.54, 1.807) is 64.4 Å². The number of nitrogens with one attached hydrogen (secondary N) is 12. The fourth-order valence-corrected chi connectivity index (χ4v) is 16.6. The van der Waals surface area contributed by atoms with Gasteiger partial charge in [0.05, 0.1) is 43.8 Å². The van der Waals surface area contributed by atoms with Crippen LogP contribution in [-0.2, 0) is 106 Å². The molecule has 2 aromatic heterocycles. The average molecular weight is 1810 g/mol. The number of ether oxygens (including phenoxy) is 1. The van der Waals surface area contributed by atoms with Gasteiger partial charge in [-0.05, 0) is 124 Å². The van der Waals surface area contributed by atoms with E-state index >= 15 is 24.0 Å². The number of ketones is 2. The molecule has 0 radical (unpaired) electrons. The van der Waals surface area contributed by atoms with Crippen molar-refractivity contribution < 1.29 is 96.5 Å². The van der Waals surface area contributed by atoms with Crippen molar-refractivity contribution >= 4 is 122 Å². The van der Waals surface area contributed by atoms with Crippen LogP contribution in [0.2, 0.25) is 0 Å². The first-order valence-corrected chi connectivity index (χ1v) is 44.5. The smallest absolute Gasteiger partial charge is 0.246 e. The maximum atomic E-state index is 15.8. The third-order valence-corrected chi connectivity index (χ3v) is 23.9. The molecule has 3 aromatic carbocycles. The summed E-state index contributed by atoms with van der Waals surface area (Å²) in [6.07, 6.45) is 1.34. The number of aromatic hydroxyl groups is 1. The lowest BCUT2D eigenvalue weighted by Gasteiger charge is -2.36. The van der Waals surface area contributed by atoms with E-state index in [1.807, 2.05) is 38.1 Å². The van der Waals surface area contributed by atoms with Gasteiger partial charge in [-0.15, -0.1) is 0 Å². The fourth-order valence-electron chi connectivity index (χ4n) is 16.6. The van der Waals surface area contributed by atoms with Crippen LogP contribution in [0.25, 0.3) is 21.8 Å². The summed E-state index contributed by atoms with van der Waals surface area (Å²) < 4.78 is 5.77. The van der Waals surface area contributed by atoms with E-state index in [9.17, 15) is 67.7 Å². The lowest BCUT2D eigenvalue weighted by atomic mass is 9.90. The predicted molar refractivity (Wildman–Crippen MR) is 478 cm³/mol. The van der Waals surface area contributed by atoms with Crippen molar-refractivity contribution in [3.05, 3.63) is 102 Å². The molecule has 0 spiro atoms. The van der Waals surface area contributed by atoms with Gasteiger partial charge in [0.1, 0.15) is 78.8 Å². The van der Waals surface area contributed by atoms with Crippen molar-refractivity contribution in [2.75, 3.05) is 60.5 Å². The molecule has 8 rings (SSSR count). The number of aliphatic hydroxyl groups excluding tert-OH is 1. The highest BCUT2D eigenvalue weighted by molar-refractivity contribution is 6.02. The summed E-state index contributed by atoms with van der Waals surface area (Å²) in [5, 5.41) is 50.0. The number of phenolic OH excluding ortho intramolecular Hbond substituents is 1. The van der Waals surface area contributed by atoms with Crippen LogP contribution in [0.1, 0.15) is 155 Å². The fraction of sp³-hybridized carbons (Fsp3) is 0.567. The second-order valence-electron chi connectivity index (χ2n) is 34.8. The van der Waals surface area contributed by atoms with Gasteiger partial charge in [0.2, 0.25) is 88.6 Å². The van der Waals surface area contributed by atoms with Gasteiger partial charge in [-0.2, -0.15) is 0 Å². The quantitative estimate of drug-likeness (QED) is 0.0327. The second-order valence-corrected chi connectivity index (χ2v) is 34.8. The summed E-state index contributed by atoms with van der Waals surface area (Å²) >= 11 is 0. The average Bonchev–Trinajstić information content (AvgIpc) is 1.79. The lowest BCUT2D eigenvalue weighted by Crippen LogP contribution is -2.61. The van der Waals surface area contributed by atoms with Crippen LogP contribution in [0.4, 0.5) is 0 Å². The van der Waals surface area contributed by atoms with E-state index < -0.39 is 236 Å². The monoisotopic (exact) mass is 1810 g/mol. The van der Waals surface area contributed by atoms with Gasteiger partial charge in [-0.25, -0.2) is 0 Å². The number of fused-ring (bicyclic) bond motifs is 5. The molecule has 15 amide bonds. The van der Waals surface area contributed by atoms with E-state index in [2.05, 4.69) is 63.1 Å². The zero-order chi connectivity index (χ0) is 95.5. The molecule has 3 aliphatic rings. The molecule has 16 atom stereocenters. The predicted octanol–water partition coefficient (Wildman–Crippen LogP) is -1.72. The molecule has 3 fully saturated rings. The van der Waals surface area contributed by atoms with Gasteiger partial charge in [0.25, 0.3) is 0 Å². The number of hydrogen-bond acceptors (Lipinski definition) is 23. The van der Waals surface area contributed by atoms with Crippen LogP contribution in [0.15, 0.2) is 85.2 Å². The van der Waals surface area contributed by atoms with E-state index in [-0.39, 0.29) is 101 Å². The number of Topliss-reactive ketones (excluding diaryl/α,β-unsaturated/α-hetero) is 2. The molecular formula is C90H130N20O20. The molecule has 22 N–H and O–H groups in total. The molecule has 5 aromatic rings. The summed E-state index contributed by atoms with van der Waals surface area (Å²) in [5.74, 6) is -17.2. The highest BCUT2D eigenvalue weighted by Crippen LogP contribution is 2.29. The van der Waals surface area contributed by atoms with Gasteiger partial charge >= 0.3 is 0 Å². The number of unbranched alkanes of at least 4 members (excludes halogenated alkanes) is 2. The Hall–Kier alpha value is -12.3. The number of aromatic nitrogens is 2. The molecule has 1 unspecified atom stereocenters. The standard InChI is InChI=1S/C90H130N20O20/c1-11-13-24-69-85(124)102-63(35-49(5)6)83(122)106-68(81(120)97-45-75(94)115)46-130-47-76(116)98-64(36-51-27-29-55(111)30-28-51)87(126)107(8)50(7)79(118)103-66(41-74(93)114)89(128)110-33-19-26-70(110)86(125)105-67(42-92)84(123)101-62(34-48(3)4)78(117)77-73(113)40-61(99-77)72(112)39-52(37-53-43-95-58-22-17-15-20-56(53)58)80(119)100-60(31-32-91)82(121)104-65(38-54-44-96-59-23-18-16-21-57(54)59)88(127)109(10)71(25-14-12-2)90(129)108(69)9/h15-18,20-23,27-30,43-44,48-50,52,60-71,73,77,95-96,99,111,113H,11-14,19,24-26,31-42,45-47,91-92H2,1-10H3,(H2,93,114)(H2,94,115)(H,97,120)(H,98,116)(H,100,119)(H,101,123)(H,102,124)(H,103,118)(H,104,121)(H,105,125)(H,106,122)/t50-,52+,60-,61-,62-,63-,64-,65-,66-,67-,68-,69-,70-,71-,73+,77?/m0/s1. The maximum Gasteiger partial charge on any atom is 0.246 e. The van der Waals surface area contributed by atoms with Crippen molar-refractivity contribution in [2.24, 2.45) is 40.7 Å². The number of nitrogens with two attached hydrogens (primary N) is 4. The number of phenols is 1. The zero-order valence-corrected chi connectivity index (χ0v) is 75.6. The van der Waals surface area contributed by atoms with E-state index in [0.717, 1.165) is 9.80 Å². The summed E-state index contributed by atoms with van der Waals surface area (Å²) in [7, 11) is 3.99. The first kappa shape index (κ1) is 103. The van der Waals surface area contributed by atoms with Gasteiger partial charge in [-0.1, -0.05) is 116 Å². The maximum absolute atomic E-state index is 15.8. The number of hydrogen-bond donors (Lipinski definition) is 18. The van der Waals surface area contributed by atoms with E-state index in [0.29, 0.717) is 64.2 Å². The van der Waals surface area contributed by atoms with Crippen LogP contribution < -0.4 is 76.1 Å². The Labute approximate surface area is 754 Å². The van der Waals surface area contributed by atoms with Crippen LogP contribution in [-0.4, -0.2) is 291 Å². The number of likely N-dealkylation sites (N-methyl/N-ethyl adjacent to an activating group) is 3. The van der Waals surface area contributed by atoms with Gasteiger partial charge in [-0.3, -0.25) is 86.8 Å². The van der Waals surface area contributed by atoms with Crippen molar-refractivity contribution in [3.63, 3.8) is 0 Å². The second kappa shape index (κ2) is 48.9. The summed E-state index contributed by atoms with van der Waals surface area (Å²) in [4.78, 5) is 258. The highest BCUT2D eigenvalue weighted by Gasteiger charge is 2.47. The summed E-state index contributed by atoms with van der Waals surface area (Å²) in [6, 6.07) is -0.703. The highest BCUT2D eigenvalue weighted by atomic mass is 16.5. The first-order valence-electron chi connectivity index (χ1n) is 44.5.